The van der Waals surface area contributed by atoms with Crippen molar-refractivity contribution in [1.82, 2.24) is 5.32 Å². The molecule has 0 bridgehead atoms. The normalized spacial score (nSPS) is 10.4. The summed E-state index contributed by atoms with van der Waals surface area (Å²) in [5.41, 5.74) is 2.20. The van der Waals surface area contributed by atoms with Crippen LogP contribution in [0.1, 0.15) is 36.8 Å². The molecule has 1 N–H and O–H groups in total. The quantitative estimate of drug-likeness (QED) is 0.758. The van der Waals surface area contributed by atoms with E-state index in [0.717, 1.165) is 11.1 Å². The van der Waals surface area contributed by atoms with Crippen molar-refractivity contribution in [2.75, 3.05) is 13.2 Å². The molecule has 0 saturated carbocycles. The molecular formula is C20H23NO3. The lowest BCUT2D eigenvalue weighted by Gasteiger charge is -2.17. The molecule has 0 fully saturated rings. The van der Waals surface area contributed by atoms with Crippen LogP contribution in [0.4, 0.5) is 0 Å². The standard InChI is InChI=1S/C20H23NO3/c1-2-24-20(23)13-14-21-19(22)15-18(16-9-5-3-6-10-16)17-11-7-4-8-12-17/h3-12,18H,2,13-15H2,1H3,(H,21,22). The predicted molar refractivity (Wildman–Crippen MR) is 93.6 cm³/mol. The number of rotatable bonds is 8. The molecule has 24 heavy (non-hydrogen) atoms. The Balaban J connectivity index is 1.99. The highest BCUT2D eigenvalue weighted by molar-refractivity contribution is 5.78. The van der Waals surface area contributed by atoms with Gasteiger partial charge in [0, 0.05) is 18.9 Å². The van der Waals surface area contributed by atoms with Gasteiger partial charge in [0.05, 0.1) is 13.0 Å². The first-order chi connectivity index (χ1) is 11.7. The van der Waals surface area contributed by atoms with Gasteiger partial charge < -0.3 is 10.1 Å². The first-order valence-corrected chi connectivity index (χ1v) is 8.23. The molecule has 0 heterocycles. The molecule has 0 aliphatic rings. The van der Waals surface area contributed by atoms with E-state index in [1.54, 1.807) is 6.92 Å². The molecule has 0 aliphatic heterocycles. The second-order valence-corrected chi connectivity index (χ2v) is 5.48. The summed E-state index contributed by atoms with van der Waals surface area (Å²) in [5.74, 6) is -0.368. The van der Waals surface area contributed by atoms with Crippen molar-refractivity contribution in [2.24, 2.45) is 0 Å². The predicted octanol–water partition coefficient (Wildman–Crippen LogP) is 3.28. The van der Waals surface area contributed by atoms with Crippen LogP contribution in [0, 0.1) is 0 Å². The third kappa shape index (κ3) is 5.54. The van der Waals surface area contributed by atoms with Gasteiger partial charge in [-0.2, -0.15) is 0 Å². The first-order valence-electron chi connectivity index (χ1n) is 8.23. The molecule has 0 atom stereocenters. The van der Waals surface area contributed by atoms with Gasteiger partial charge in [-0.3, -0.25) is 9.59 Å². The zero-order chi connectivity index (χ0) is 17.2. The molecule has 2 rings (SSSR count). The van der Waals surface area contributed by atoms with Gasteiger partial charge in [0.2, 0.25) is 5.91 Å². The van der Waals surface area contributed by atoms with Crippen LogP contribution in [0.5, 0.6) is 0 Å². The molecule has 0 unspecified atom stereocenters. The van der Waals surface area contributed by atoms with Gasteiger partial charge in [-0.15, -0.1) is 0 Å². The number of ether oxygens (including phenoxy) is 1. The Morgan fingerprint density at radius 3 is 2.00 bits per heavy atom. The van der Waals surface area contributed by atoms with E-state index in [1.807, 2.05) is 60.7 Å². The molecule has 4 nitrogen and oxygen atoms in total. The zero-order valence-electron chi connectivity index (χ0n) is 13.9. The third-order valence-corrected chi connectivity index (χ3v) is 3.75. The summed E-state index contributed by atoms with van der Waals surface area (Å²) in [6.07, 6.45) is 0.539. The summed E-state index contributed by atoms with van der Waals surface area (Å²) in [4.78, 5) is 23.6. The fourth-order valence-electron chi connectivity index (χ4n) is 2.59. The highest BCUT2D eigenvalue weighted by atomic mass is 16.5. The molecule has 0 aliphatic carbocycles. The van der Waals surface area contributed by atoms with Crippen LogP contribution in [0.25, 0.3) is 0 Å². The fourth-order valence-corrected chi connectivity index (χ4v) is 2.59. The van der Waals surface area contributed by atoms with E-state index in [9.17, 15) is 9.59 Å². The molecule has 0 radical (unpaired) electrons. The van der Waals surface area contributed by atoms with Crippen molar-refractivity contribution < 1.29 is 14.3 Å². The summed E-state index contributed by atoms with van der Waals surface area (Å²) in [5, 5.41) is 2.80. The van der Waals surface area contributed by atoms with Gasteiger partial charge in [0.25, 0.3) is 0 Å². The first kappa shape index (κ1) is 17.7. The average Bonchev–Trinajstić information content (AvgIpc) is 2.61. The number of nitrogens with one attached hydrogen (secondary N) is 1. The monoisotopic (exact) mass is 325 g/mol. The van der Waals surface area contributed by atoms with Gasteiger partial charge in [0.15, 0.2) is 0 Å². The minimum absolute atomic E-state index is 0.00464. The second kappa shape index (κ2) is 9.50. The Kier molecular flexibility index (Phi) is 7.02. The maximum atomic E-state index is 12.3. The number of amides is 1. The second-order valence-electron chi connectivity index (χ2n) is 5.48. The Morgan fingerprint density at radius 1 is 0.958 bits per heavy atom. The minimum atomic E-state index is -0.291. The summed E-state index contributed by atoms with van der Waals surface area (Å²) in [6, 6.07) is 20.0. The van der Waals surface area contributed by atoms with Crippen LogP contribution in [-0.2, 0) is 14.3 Å². The van der Waals surface area contributed by atoms with Crippen LogP contribution in [0.15, 0.2) is 60.7 Å². The third-order valence-electron chi connectivity index (χ3n) is 3.75. The van der Waals surface area contributed by atoms with Gasteiger partial charge in [-0.25, -0.2) is 0 Å². The van der Waals surface area contributed by atoms with E-state index in [2.05, 4.69) is 5.32 Å². The molecule has 1 amide bonds. The number of hydrogen-bond donors (Lipinski definition) is 1. The topological polar surface area (TPSA) is 55.4 Å². The van der Waals surface area contributed by atoms with Gasteiger partial charge in [-0.05, 0) is 18.1 Å². The number of benzene rings is 2. The van der Waals surface area contributed by atoms with Crippen molar-refractivity contribution in [2.45, 2.75) is 25.7 Å². The zero-order valence-corrected chi connectivity index (χ0v) is 13.9. The fraction of sp³-hybridized carbons (Fsp3) is 0.300. The van der Waals surface area contributed by atoms with Crippen molar-refractivity contribution in [3.05, 3.63) is 71.8 Å². The smallest absolute Gasteiger partial charge is 0.307 e. The Bertz CT molecular complexity index is 601. The Labute approximate surface area is 142 Å². The molecule has 0 saturated heterocycles. The van der Waals surface area contributed by atoms with Crippen LogP contribution in [-0.4, -0.2) is 25.0 Å². The van der Waals surface area contributed by atoms with Crippen LogP contribution in [0.2, 0.25) is 0 Å². The summed E-state index contributed by atoms with van der Waals surface area (Å²) < 4.78 is 4.85. The molecule has 2 aromatic rings. The lowest BCUT2D eigenvalue weighted by Crippen LogP contribution is -2.28. The van der Waals surface area contributed by atoms with E-state index in [1.165, 1.54) is 0 Å². The Morgan fingerprint density at radius 2 is 1.50 bits per heavy atom. The van der Waals surface area contributed by atoms with E-state index >= 15 is 0 Å². The minimum Gasteiger partial charge on any atom is -0.466 e. The largest absolute Gasteiger partial charge is 0.466 e. The van der Waals surface area contributed by atoms with E-state index in [-0.39, 0.29) is 24.2 Å². The van der Waals surface area contributed by atoms with E-state index in [4.69, 9.17) is 4.74 Å². The van der Waals surface area contributed by atoms with Crippen molar-refractivity contribution in [3.8, 4) is 0 Å². The molecule has 0 aromatic heterocycles. The molecule has 4 heteroatoms. The lowest BCUT2D eigenvalue weighted by molar-refractivity contribution is -0.143. The maximum absolute atomic E-state index is 12.3. The van der Waals surface area contributed by atoms with Gasteiger partial charge >= 0.3 is 5.97 Å². The highest BCUT2D eigenvalue weighted by Gasteiger charge is 2.18. The number of esters is 1. The molecular weight excluding hydrogens is 302 g/mol. The van der Waals surface area contributed by atoms with E-state index in [0.29, 0.717) is 19.6 Å². The highest BCUT2D eigenvalue weighted by Crippen LogP contribution is 2.27. The van der Waals surface area contributed by atoms with Crippen molar-refractivity contribution in [1.29, 1.82) is 0 Å². The van der Waals surface area contributed by atoms with Crippen LogP contribution in [0.3, 0.4) is 0 Å². The summed E-state index contributed by atoms with van der Waals surface area (Å²) in [6.45, 7) is 2.42. The number of hydrogen-bond acceptors (Lipinski definition) is 3. The summed E-state index contributed by atoms with van der Waals surface area (Å²) >= 11 is 0. The lowest BCUT2D eigenvalue weighted by atomic mass is 9.88. The van der Waals surface area contributed by atoms with Crippen molar-refractivity contribution in [3.63, 3.8) is 0 Å². The Hall–Kier alpha value is -2.62. The average molecular weight is 325 g/mol. The number of carbonyl (C=O) groups excluding carboxylic acids is 2. The van der Waals surface area contributed by atoms with Crippen molar-refractivity contribution >= 4 is 11.9 Å². The van der Waals surface area contributed by atoms with Crippen LogP contribution >= 0.6 is 0 Å². The molecule has 2 aromatic carbocycles. The van der Waals surface area contributed by atoms with Gasteiger partial charge in [0.1, 0.15) is 0 Å². The SMILES string of the molecule is CCOC(=O)CCNC(=O)CC(c1ccccc1)c1ccccc1. The summed E-state index contributed by atoms with van der Waals surface area (Å²) in [7, 11) is 0. The molecule has 0 spiro atoms. The van der Waals surface area contributed by atoms with Crippen LogP contribution < -0.4 is 5.32 Å². The maximum Gasteiger partial charge on any atom is 0.307 e. The van der Waals surface area contributed by atoms with Gasteiger partial charge in [-0.1, -0.05) is 60.7 Å². The molecule has 126 valence electrons. The number of carbonyl (C=O) groups is 2. The van der Waals surface area contributed by atoms with E-state index < -0.39 is 0 Å².